The van der Waals surface area contributed by atoms with Crippen LogP contribution in [0.3, 0.4) is 0 Å². The molecule has 0 spiro atoms. The van der Waals surface area contributed by atoms with E-state index in [2.05, 4.69) is 69.4 Å². The van der Waals surface area contributed by atoms with E-state index in [1.807, 2.05) is 0 Å². The zero-order valence-corrected chi connectivity index (χ0v) is 26.2. The number of fused-ring (bicyclic) bond motifs is 4. The summed E-state index contributed by atoms with van der Waals surface area (Å²) in [6, 6.07) is 10.6. The van der Waals surface area contributed by atoms with Crippen molar-refractivity contribution in [3.8, 4) is 0 Å². The average molecular weight is 588 g/mol. The van der Waals surface area contributed by atoms with Crippen molar-refractivity contribution in [2.45, 2.75) is 79.1 Å². The van der Waals surface area contributed by atoms with Crippen LogP contribution in [0.1, 0.15) is 84.9 Å². The van der Waals surface area contributed by atoms with Crippen LogP contribution < -0.4 is 24.8 Å². The fourth-order valence-corrected chi connectivity index (χ4v) is 28.0. The quantitative estimate of drug-likeness (QED) is 0.466. The van der Waals surface area contributed by atoms with E-state index in [4.69, 9.17) is 0 Å². The maximum absolute atomic E-state index is 2.83. The molecule has 0 fully saturated rings. The molecule has 2 aromatic carbocycles. The van der Waals surface area contributed by atoms with Crippen molar-refractivity contribution in [3.05, 3.63) is 80.9 Å². The summed E-state index contributed by atoms with van der Waals surface area (Å²) in [7, 11) is 0. The molecule has 0 radical (unpaired) electrons. The van der Waals surface area contributed by atoms with Crippen LogP contribution in [-0.4, -0.2) is 5.92 Å². The first-order valence-electron chi connectivity index (χ1n) is 13.1. The average Bonchev–Trinajstić information content (AvgIpc) is 3.56. The van der Waals surface area contributed by atoms with E-state index in [0.717, 1.165) is 7.25 Å². The predicted molar refractivity (Wildman–Crippen MR) is 138 cm³/mol. The standard InChI is InChI=1S/C16H19.C12H11.C2H7Si.2ClH.Zr/c1-3-11(2)15-8-7-14-9-12-5-4-6-13(12)10-16(14)15;1-3-9-7-11-5-2-6-12(11)8-10(9)4-1;1-3-2;;;/h7-11H,3-6H2,1-2H3;1,3-4,7-8H,2,5-6H2;3H,1-2H3;2*1H;/q;;;;;+2/p-2. The summed E-state index contributed by atoms with van der Waals surface area (Å²) in [5, 5.41) is 0. The maximum atomic E-state index is 2.83. The van der Waals surface area contributed by atoms with Gasteiger partial charge in [0, 0.05) is 0 Å². The Balaban J connectivity index is 0.00000137. The Kier molecular flexibility index (Phi) is 8.26. The van der Waals surface area contributed by atoms with Gasteiger partial charge in [0.15, 0.2) is 0 Å². The summed E-state index contributed by atoms with van der Waals surface area (Å²) < 4.78 is 1.59. The number of benzene rings is 2. The van der Waals surface area contributed by atoms with Crippen LogP contribution in [0, 0.1) is 5.92 Å². The van der Waals surface area contributed by atoms with E-state index in [-0.39, 0.29) is 24.8 Å². The SMILES string of the molecule is CCC(C)C1=C[CH]([Zr+2]([CH]2C=Cc3cc4c(cc32)CCC4)[SiH](C)C)c2cc3c(cc21)CCC3.[Cl-].[Cl-]. The molecule has 4 heteroatoms. The molecule has 0 heterocycles. The van der Waals surface area contributed by atoms with Crippen LogP contribution in [0.15, 0.2) is 36.4 Å². The molecule has 0 nitrogen and oxygen atoms in total. The molecule has 4 aliphatic rings. The minimum Gasteiger partial charge on any atom is -1.00 e. The van der Waals surface area contributed by atoms with Gasteiger partial charge in [0.05, 0.1) is 0 Å². The molecule has 0 saturated heterocycles. The van der Waals surface area contributed by atoms with Gasteiger partial charge in [0.2, 0.25) is 0 Å². The van der Waals surface area contributed by atoms with Crippen molar-refractivity contribution in [1.82, 2.24) is 0 Å². The molecule has 3 unspecified atom stereocenters. The minimum atomic E-state index is -1.81. The van der Waals surface area contributed by atoms with Gasteiger partial charge in [-0.15, -0.1) is 0 Å². The summed E-state index contributed by atoms with van der Waals surface area (Å²) >= 11 is -1.81. The third-order valence-electron chi connectivity index (χ3n) is 8.89. The Morgan fingerprint density at radius 2 is 1.44 bits per heavy atom. The predicted octanol–water partition coefficient (Wildman–Crippen LogP) is 1.53. The second-order valence-corrected chi connectivity index (χ2v) is 31.3. The van der Waals surface area contributed by atoms with Crippen LogP contribution in [0.2, 0.25) is 13.1 Å². The molecule has 0 saturated carbocycles. The summed E-state index contributed by atoms with van der Waals surface area (Å²) in [5.41, 5.74) is 15.1. The van der Waals surface area contributed by atoms with Gasteiger partial charge in [-0.05, 0) is 0 Å². The zero-order valence-electron chi connectivity index (χ0n) is 21.1. The maximum Gasteiger partial charge on any atom is -1.00 e. The number of rotatable bonds is 5. The van der Waals surface area contributed by atoms with E-state index in [9.17, 15) is 0 Å². The van der Waals surface area contributed by atoms with Crippen molar-refractivity contribution in [3.63, 3.8) is 0 Å². The first-order valence-corrected chi connectivity index (χ1v) is 23.1. The van der Waals surface area contributed by atoms with Crippen molar-refractivity contribution in [2.24, 2.45) is 5.92 Å². The normalized spacial score (nSPS) is 21.9. The molecule has 0 aliphatic heterocycles. The van der Waals surface area contributed by atoms with Gasteiger partial charge in [-0.3, -0.25) is 0 Å². The minimum absolute atomic E-state index is 0. The number of aryl methyl sites for hydroxylation is 4. The van der Waals surface area contributed by atoms with Gasteiger partial charge in [0.1, 0.15) is 0 Å². The first-order chi connectivity index (χ1) is 15.5. The zero-order chi connectivity index (χ0) is 22.0. The first kappa shape index (κ1) is 26.7. The van der Waals surface area contributed by atoms with Gasteiger partial charge in [-0.25, -0.2) is 0 Å². The number of halogens is 2. The smallest absolute Gasteiger partial charge is 1.00 e. The molecular weight excluding hydrogens is 551 g/mol. The molecular formula is C30H37Cl2SiZr. The van der Waals surface area contributed by atoms with Crippen LogP contribution in [-0.2, 0) is 46.6 Å². The van der Waals surface area contributed by atoms with Crippen LogP contribution in [0.5, 0.6) is 0 Å². The molecule has 3 atom stereocenters. The third kappa shape index (κ3) is 4.34. The number of allylic oxidation sites excluding steroid dienone is 3. The van der Waals surface area contributed by atoms with Crippen LogP contribution in [0.4, 0.5) is 0 Å². The summed E-state index contributed by atoms with van der Waals surface area (Å²) in [6.07, 6.45) is 17.2. The molecule has 4 aliphatic carbocycles. The van der Waals surface area contributed by atoms with E-state index < -0.39 is 26.8 Å². The molecule has 2 aromatic rings. The Labute approximate surface area is 227 Å². The van der Waals surface area contributed by atoms with Crippen molar-refractivity contribution >= 4 is 17.6 Å². The van der Waals surface area contributed by atoms with Gasteiger partial charge in [-0.1, -0.05) is 0 Å². The van der Waals surface area contributed by atoms with Crippen molar-refractivity contribution in [2.75, 3.05) is 0 Å². The molecule has 0 N–H and O–H groups in total. The van der Waals surface area contributed by atoms with E-state index in [1.54, 1.807) is 50.1 Å². The van der Waals surface area contributed by atoms with Crippen LogP contribution >= 0.6 is 0 Å². The Morgan fingerprint density at radius 3 is 2.06 bits per heavy atom. The molecule has 34 heavy (non-hydrogen) atoms. The Morgan fingerprint density at radius 1 is 0.853 bits per heavy atom. The van der Waals surface area contributed by atoms with E-state index in [0.29, 0.717) is 5.92 Å². The second-order valence-electron chi connectivity index (χ2n) is 11.1. The Bertz CT molecular complexity index is 1150. The summed E-state index contributed by atoms with van der Waals surface area (Å²) in [6.45, 7) is 10.2. The fourth-order valence-electron chi connectivity index (χ4n) is 7.02. The summed E-state index contributed by atoms with van der Waals surface area (Å²) in [4.78, 5) is 0. The third-order valence-corrected chi connectivity index (χ3v) is 30.2. The fraction of sp³-hybridized carbons (Fsp3) is 0.467. The monoisotopic (exact) mass is 585 g/mol. The number of hydrogen-bond acceptors (Lipinski definition) is 0. The molecule has 179 valence electrons. The van der Waals surface area contributed by atoms with Gasteiger partial charge in [-0.2, -0.15) is 0 Å². The molecule has 0 amide bonds. The molecule has 0 aromatic heterocycles. The largest absolute Gasteiger partial charge is 1.00 e. The number of hydrogen-bond donors (Lipinski definition) is 0. The van der Waals surface area contributed by atoms with Crippen molar-refractivity contribution < 1.29 is 45.7 Å². The van der Waals surface area contributed by atoms with E-state index >= 15 is 0 Å². The van der Waals surface area contributed by atoms with Crippen molar-refractivity contribution in [1.29, 1.82) is 0 Å². The van der Waals surface area contributed by atoms with Crippen LogP contribution in [0.25, 0.3) is 11.6 Å². The summed E-state index contributed by atoms with van der Waals surface area (Å²) in [5.74, 6) is -0.0322. The van der Waals surface area contributed by atoms with Gasteiger partial charge in [0.25, 0.3) is 0 Å². The van der Waals surface area contributed by atoms with Gasteiger partial charge < -0.3 is 24.8 Å². The second kappa shape index (κ2) is 10.5. The van der Waals surface area contributed by atoms with E-state index in [1.165, 1.54) is 44.9 Å². The Hall–Kier alpha value is -0.400. The van der Waals surface area contributed by atoms with Gasteiger partial charge >= 0.3 is 204 Å². The molecule has 0 bridgehead atoms. The molecule has 6 rings (SSSR count). The topological polar surface area (TPSA) is 0 Å².